The standard InChI is InChI=1S/C12H24N2O2S/c13-10-12(5-8-17(15,16)9-6-12)14-7-1-2-11-3-4-11/h11,14H,1-10,13H2. The molecule has 4 nitrogen and oxygen atoms in total. The topological polar surface area (TPSA) is 72.2 Å². The van der Waals surface area contributed by atoms with E-state index >= 15 is 0 Å². The fourth-order valence-corrected chi connectivity index (χ4v) is 4.14. The van der Waals surface area contributed by atoms with E-state index in [0.29, 0.717) is 30.9 Å². The van der Waals surface area contributed by atoms with E-state index in [9.17, 15) is 8.42 Å². The highest BCUT2D eigenvalue weighted by molar-refractivity contribution is 7.91. The van der Waals surface area contributed by atoms with E-state index in [2.05, 4.69) is 5.32 Å². The number of nitrogens with two attached hydrogens (primary N) is 1. The predicted molar refractivity (Wildman–Crippen MR) is 69.6 cm³/mol. The van der Waals surface area contributed by atoms with Crippen LogP contribution in [0.3, 0.4) is 0 Å². The number of nitrogens with one attached hydrogen (secondary N) is 1. The van der Waals surface area contributed by atoms with Gasteiger partial charge in [-0.1, -0.05) is 12.8 Å². The largest absolute Gasteiger partial charge is 0.329 e. The summed E-state index contributed by atoms with van der Waals surface area (Å²) in [4.78, 5) is 0. The quantitative estimate of drug-likeness (QED) is 0.689. The van der Waals surface area contributed by atoms with Gasteiger partial charge in [0.1, 0.15) is 9.84 Å². The molecule has 5 heteroatoms. The first-order valence-corrected chi connectivity index (χ1v) is 8.53. The molecule has 0 aromatic rings. The molecule has 0 radical (unpaired) electrons. The molecule has 0 atom stereocenters. The highest BCUT2D eigenvalue weighted by Gasteiger charge is 2.35. The Kier molecular flexibility index (Phi) is 4.10. The smallest absolute Gasteiger partial charge is 0.150 e. The van der Waals surface area contributed by atoms with Crippen LogP contribution < -0.4 is 11.1 Å². The monoisotopic (exact) mass is 260 g/mol. The Morgan fingerprint density at radius 3 is 2.41 bits per heavy atom. The summed E-state index contributed by atoms with van der Waals surface area (Å²) in [7, 11) is -2.79. The molecule has 0 aromatic carbocycles. The summed E-state index contributed by atoms with van der Waals surface area (Å²) in [5.74, 6) is 1.55. The van der Waals surface area contributed by atoms with Crippen LogP contribution in [-0.2, 0) is 9.84 Å². The third-order valence-corrected chi connectivity index (χ3v) is 5.81. The van der Waals surface area contributed by atoms with E-state index in [1.54, 1.807) is 0 Å². The lowest BCUT2D eigenvalue weighted by atomic mass is 9.92. The van der Waals surface area contributed by atoms with Crippen molar-refractivity contribution in [3.8, 4) is 0 Å². The Hall–Kier alpha value is -0.130. The molecule has 0 unspecified atom stereocenters. The third-order valence-electron chi connectivity index (χ3n) is 4.16. The zero-order valence-electron chi connectivity index (χ0n) is 10.5. The Morgan fingerprint density at radius 2 is 1.88 bits per heavy atom. The molecule has 2 aliphatic rings. The van der Waals surface area contributed by atoms with E-state index in [0.717, 1.165) is 12.5 Å². The molecule has 0 amide bonds. The van der Waals surface area contributed by atoms with Crippen LogP contribution in [0.25, 0.3) is 0 Å². The molecule has 2 fully saturated rings. The Morgan fingerprint density at radius 1 is 1.24 bits per heavy atom. The van der Waals surface area contributed by atoms with Gasteiger partial charge in [0.15, 0.2) is 0 Å². The molecular formula is C12H24N2O2S. The van der Waals surface area contributed by atoms with E-state index in [1.807, 2.05) is 0 Å². The minimum atomic E-state index is -2.79. The summed E-state index contributed by atoms with van der Waals surface area (Å²) in [6, 6.07) is 0. The average molecular weight is 260 g/mol. The van der Waals surface area contributed by atoms with Gasteiger partial charge in [0.05, 0.1) is 11.5 Å². The second-order valence-electron chi connectivity index (χ2n) is 5.65. The van der Waals surface area contributed by atoms with Crippen LogP contribution in [0.1, 0.15) is 38.5 Å². The minimum absolute atomic E-state index is 0.116. The molecule has 100 valence electrons. The van der Waals surface area contributed by atoms with Crippen molar-refractivity contribution >= 4 is 9.84 Å². The van der Waals surface area contributed by atoms with Crippen molar-refractivity contribution in [2.75, 3.05) is 24.6 Å². The van der Waals surface area contributed by atoms with Gasteiger partial charge in [-0.2, -0.15) is 0 Å². The molecule has 0 aromatic heterocycles. The second-order valence-corrected chi connectivity index (χ2v) is 7.95. The van der Waals surface area contributed by atoms with Crippen LogP contribution in [0.15, 0.2) is 0 Å². The first-order valence-electron chi connectivity index (χ1n) is 6.71. The molecule has 1 aliphatic heterocycles. The van der Waals surface area contributed by atoms with Gasteiger partial charge in [0.2, 0.25) is 0 Å². The van der Waals surface area contributed by atoms with Gasteiger partial charge in [-0.15, -0.1) is 0 Å². The van der Waals surface area contributed by atoms with Gasteiger partial charge in [-0.05, 0) is 38.1 Å². The molecule has 1 heterocycles. The number of hydrogen-bond donors (Lipinski definition) is 2. The van der Waals surface area contributed by atoms with E-state index in [4.69, 9.17) is 5.73 Å². The molecule has 1 saturated carbocycles. The molecule has 0 bridgehead atoms. The predicted octanol–water partition coefficient (Wildman–Crippen LogP) is 0.672. The molecule has 3 N–H and O–H groups in total. The molecule has 0 spiro atoms. The van der Waals surface area contributed by atoms with Crippen molar-refractivity contribution in [3.05, 3.63) is 0 Å². The van der Waals surface area contributed by atoms with Crippen LogP contribution in [0, 0.1) is 5.92 Å². The van der Waals surface area contributed by atoms with E-state index in [1.165, 1.54) is 25.7 Å². The third kappa shape index (κ3) is 3.93. The highest BCUT2D eigenvalue weighted by atomic mass is 32.2. The number of hydrogen-bond acceptors (Lipinski definition) is 4. The Labute approximate surface area is 104 Å². The fourth-order valence-electron chi connectivity index (χ4n) is 2.53. The van der Waals surface area contributed by atoms with Crippen LogP contribution in [0.2, 0.25) is 0 Å². The maximum atomic E-state index is 11.4. The van der Waals surface area contributed by atoms with Gasteiger partial charge < -0.3 is 11.1 Å². The van der Waals surface area contributed by atoms with Crippen LogP contribution in [0.5, 0.6) is 0 Å². The summed E-state index contributed by atoms with van der Waals surface area (Å²) in [5, 5.41) is 3.52. The van der Waals surface area contributed by atoms with Crippen LogP contribution >= 0.6 is 0 Å². The molecule has 1 saturated heterocycles. The van der Waals surface area contributed by atoms with Crippen molar-refractivity contribution in [1.82, 2.24) is 5.32 Å². The summed E-state index contributed by atoms with van der Waals surface area (Å²) >= 11 is 0. The van der Waals surface area contributed by atoms with Crippen molar-refractivity contribution in [2.24, 2.45) is 11.7 Å². The molecular weight excluding hydrogens is 236 g/mol. The lowest BCUT2D eigenvalue weighted by Gasteiger charge is -2.37. The molecule has 1 aliphatic carbocycles. The van der Waals surface area contributed by atoms with Gasteiger partial charge in [0.25, 0.3) is 0 Å². The normalized spacial score (nSPS) is 26.9. The SMILES string of the molecule is NCC1(NCCCC2CC2)CCS(=O)(=O)CC1. The average Bonchev–Trinajstić information content (AvgIpc) is 3.11. The highest BCUT2D eigenvalue weighted by Crippen LogP contribution is 2.33. The van der Waals surface area contributed by atoms with Crippen molar-refractivity contribution < 1.29 is 8.42 Å². The second kappa shape index (κ2) is 5.24. The van der Waals surface area contributed by atoms with Crippen LogP contribution in [0.4, 0.5) is 0 Å². The minimum Gasteiger partial charge on any atom is -0.329 e. The van der Waals surface area contributed by atoms with Gasteiger partial charge in [0, 0.05) is 12.1 Å². The van der Waals surface area contributed by atoms with Gasteiger partial charge >= 0.3 is 0 Å². The fraction of sp³-hybridized carbons (Fsp3) is 1.00. The maximum absolute atomic E-state index is 11.4. The molecule has 17 heavy (non-hydrogen) atoms. The van der Waals surface area contributed by atoms with Crippen molar-refractivity contribution in [2.45, 2.75) is 44.1 Å². The zero-order chi connectivity index (χ0) is 12.4. The lowest BCUT2D eigenvalue weighted by Crippen LogP contribution is -2.55. The first-order chi connectivity index (χ1) is 8.05. The zero-order valence-corrected chi connectivity index (χ0v) is 11.3. The van der Waals surface area contributed by atoms with Crippen molar-refractivity contribution in [3.63, 3.8) is 0 Å². The van der Waals surface area contributed by atoms with Crippen LogP contribution in [-0.4, -0.2) is 38.6 Å². The summed E-state index contributed by atoms with van der Waals surface area (Å²) in [6.45, 7) is 1.53. The maximum Gasteiger partial charge on any atom is 0.150 e. The lowest BCUT2D eigenvalue weighted by molar-refractivity contribution is 0.299. The summed E-state index contributed by atoms with van der Waals surface area (Å²) < 4.78 is 22.8. The van der Waals surface area contributed by atoms with Crippen molar-refractivity contribution in [1.29, 1.82) is 0 Å². The van der Waals surface area contributed by atoms with E-state index < -0.39 is 9.84 Å². The van der Waals surface area contributed by atoms with E-state index in [-0.39, 0.29) is 5.54 Å². The van der Waals surface area contributed by atoms with Gasteiger partial charge in [-0.25, -0.2) is 8.42 Å². The summed E-state index contributed by atoms with van der Waals surface area (Å²) in [6.07, 6.45) is 6.66. The molecule has 2 rings (SSSR count). The number of sulfone groups is 1. The Bertz CT molecular complexity index is 336. The first kappa shape index (κ1) is 13.3. The Balaban J connectivity index is 1.74. The summed E-state index contributed by atoms with van der Waals surface area (Å²) in [5.41, 5.74) is 5.71. The number of rotatable bonds is 6. The van der Waals surface area contributed by atoms with Gasteiger partial charge in [-0.3, -0.25) is 0 Å².